The molecular weight excluding hydrogens is 286 g/mol. The highest BCUT2D eigenvalue weighted by Crippen LogP contribution is 2.31. The molecule has 4 heteroatoms. The third-order valence-electron chi connectivity index (χ3n) is 4.46. The summed E-state index contributed by atoms with van der Waals surface area (Å²) in [5, 5.41) is 9.44. The van der Waals surface area contributed by atoms with Crippen molar-refractivity contribution in [3.8, 4) is 0 Å². The lowest BCUT2D eigenvalue weighted by Gasteiger charge is -2.35. The summed E-state index contributed by atoms with van der Waals surface area (Å²) in [5.74, 6) is 0. The van der Waals surface area contributed by atoms with Crippen LogP contribution < -0.4 is 0 Å². The standard InChI is InChI=1S/C17H35NO2.ClH/c1-18(2)16-20-17(14-15-19)12-10-8-6-4-3-5-7-9-11-13-17;/h19H,3-16H2,1-2H3;1H. The van der Waals surface area contributed by atoms with Crippen LogP contribution in [0, 0.1) is 0 Å². The van der Waals surface area contributed by atoms with E-state index in [4.69, 9.17) is 4.74 Å². The molecule has 1 N–H and O–H groups in total. The number of ether oxygens (including phenoxy) is 1. The van der Waals surface area contributed by atoms with Gasteiger partial charge in [0.05, 0.1) is 12.3 Å². The third-order valence-corrected chi connectivity index (χ3v) is 4.46. The van der Waals surface area contributed by atoms with Crippen LogP contribution in [0.15, 0.2) is 0 Å². The van der Waals surface area contributed by atoms with Gasteiger partial charge in [0.1, 0.15) is 0 Å². The highest BCUT2D eigenvalue weighted by Gasteiger charge is 2.29. The molecule has 0 aromatic heterocycles. The van der Waals surface area contributed by atoms with Crippen molar-refractivity contribution in [2.75, 3.05) is 27.4 Å². The molecule has 21 heavy (non-hydrogen) atoms. The Balaban J connectivity index is 0.00000400. The van der Waals surface area contributed by atoms with Crippen molar-refractivity contribution in [1.29, 1.82) is 0 Å². The maximum absolute atomic E-state index is 9.44. The molecule has 1 rings (SSSR count). The number of hydrogen-bond acceptors (Lipinski definition) is 3. The zero-order valence-corrected chi connectivity index (χ0v) is 14.9. The number of nitrogens with zero attached hydrogens (tertiary/aromatic N) is 1. The van der Waals surface area contributed by atoms with E-state index in [1.165, 1.54) is 57.8 Å². The largest absolute Gasteiger partial charge is 0.396 e. The van der Waals surface area contributed by atoms with Crippen molar-refractivity contribution in [2.45, 2.75) is 82.7 Å². The summed E-state index contributed by atoms with van der Waals surface area (Å²) in [6.07, 6.45) is 15.1. The fourth-order valence-electron chi connectivity index (χ4n) is 3.19. The molecule has 0 heterocycles. The molecule has 1 saturated carbocycles. The minimum atomic E-state index is -0.0851. The van der Waals surface area contributed by atoms with Crippen molar-refractivity contribution in [1.82, 2.24) is 4.90 Å². The van der Waals surface area contributed by atoms with Gasteiger partial charge in [-0.25, -0.2) is 0 Å². The van der Waals surface area contributed by atoms with E-state index < -0.39 is 0 Å². The predicted octanol–water partition coefficient (Wildman–Crippen LogP) is 4.37. The fraction of sp³-hybridized carbons (Fsp3) is 1.00. The Morgan fingerprint density at radius 2 is 1.29 bits per heavy atom. The normalized spacial score (nSPS) is 21.1. The minimum absolute atomic E-state index is 0. The van der Waals surface area contributed by atoms with E-state index in [9.17, 15) is 5.11 Å². The monoisotopic (exact) mass is 321 g/mol. The van der Waals surface area contributed by atoms with Crippen LogP contribution in [0.25, 0.3) is 0 Å². The number of halogens is 1. The fourth-order valence-corrected chi connectivity index (χ4v) is 3.19. The maximum Gasteiger partial charge on any atom is 0.0992 e. The molecule has 0 saturated heterocycles. The van der Waals surface area contributed by atoms with Crippen LogP contribution in [-0.4, -0.2) is 43.0 Å². The molecule has 1 aliphatic carbocycles. The smallest absolute Gasteiger partial charge is 0.0992 e. The summed E-state index contributed by atoms with van der Waals surface area (Å²) >= 11 is 0. The quantitative estimate of drug-likeness (QED) is 0.763. The van der Waals surface area contributed by atoms with Crippen LogP contribution in [0.5, 0.6) is 0 Å². The molecular formula is C17H36ClNO2. The summed E-state index contributed by atoms with van der Waals surface area (Å²) in [7, 11) is 4.09. The Hall–Kier alpha value is 0.170. The Bertz CT molecular complexity index is 225. The highest BCUT2D eigenvalue weighted by atomic mass is 35.5. The van der Waals surface area contributed by atoms with E-state index in [1.54, 1.807) is 0 Å². The van der Waals surface area contributed by atoms with Crippen molar-refractivity contribution >= 4 is 12.4 Å². The van der Waals surface area contributed by atoms with E-state index in [0.717, 1.165) is 19.3 Å². The van der Waals surface area contributed by atoms with Gasteiger partial charge >= 0.3 is 0 Å². The van der Waals surface area contributed by atoms with Crippen LogP contribution in [0.3, 0.4) is 0 Å². The van der Waals surface area contributed by atoms with Crippen molar-refractivity contribution in [3.05, 3.63) is 0 Å². The first-order valence-corrected chi connectivity index (χ1v) is 8.58. The second kappa shape index (κ2) is 12.7. The summed E-state index contributed by atoms with van der Waals surface area (Å²) in [6, 6.07) is 0. The maximum atomic E-state index is 9.44. The number of aliphatic hydroxyl groups excluding tert-OH is 1. The van der Waals surface area contributed by atoms with Crippen molar-refractivity contribution in [2.24, 2.45) is 0 Å². The van der Waals surface area contributed by atoms with Crippen LogP contribution in [0.1, 0.15) is 77.0 Å². The van der Waals surface area contributed by atoms with Crippen molar-refractivity contribution in [3.63, 3.8) is 0 Å². The van der Waals surface area contributed by atoms with Gasteiger partial charge in [-0.1, -0.05) is 57.8 Å². The molecule has 0 aliphatic heterocycles. The Morgan fingerprint density at radius 3 is 1.67 bits per heavy atom. The summed E-state index contributed by atoms with van der Waals surface area (Å²) in [4.78, 5) is 2.08. The SMILES string of the molecule is CN(C)COC1(CCO)CCCCCCCCCCC1.Cl. The van der Waals surface area contributed by atoms with E-state index >= 15 is 0 Å². The van der Waals surface area contributed by atoms with E-state index in [2.05, 4.69) is 4.90 Å². The first-order chi connectivity index (χ1) is 9.68. The van der Waals surface area contributed by atoms with E-state index in [-0.39, 0.29) is 24.6 Å². The first-order valence-electron chi connectivity index (χ1n) is 8.58. The second-order valence-electron chi connectivity index (χ2n) is 6.69. The Morgan fingerprint density at radius 1 is 0.857 bits per heavy atom. The zero-order chi connectivity index (χ0) is 14.7. The van der Waals surface area contributed by atoms with Gasteiger partial charge in [0.2, 0.25) is 0 Å². The molecule has 0 amide bonds. The van der Waals surface area contributed by atoms with Crippen LogP contribution >= 0.6 is 12.4 Å². The summed E-state index contributed by atoms with van der Waals surface area (Å²) in [6.45, 7) is 0.910. The second-order valence-corrected chi connectivity index (χ2v) is 6.69. The first kappa shape index (κ1) is 21.2. The average Bonchev–Trinajstić information content (AvgIpc) is 2.40. The summed E-state index contributed by atoms with van der Waals surface area (Å²) in [5.41, 5.74) is -0.0851. The van der Waals surface area contributed by atoms with E-state index in [0.29, 0.717) is 6.73 Å². The van der Waals surface area contributed by atoms with Crippen LogP contribution in [0.4, 0.5) is 0 Å². The highest BCUT2D eigenvalue weighted by molar-refractivity contribution is 5.85. The van der Waals surface area contributed by atoms with Gasteiger partial charge in [-0.2, -0.15) is 0 Å². The molecule has 0 radical (unpaired) electrons. The Kier molecular flexibility index (Phi) is 12.8. The van der Waals surface area contributed by atoms with Gasteiger partial charge in [0.15, 0.2) is 0 Å². The molecule has 0 aromatic carbocycles. The number of hydrogen-bond donors (Lipinski definition) is 1. The summed E-state index contributed by atoms with van der Waals surface area (Å²) < 4.78 is 6.24. The van der Waals surface area contributed by atoms with Crippen LogP contribution in [0.2, 0.25) is 0 Å². The molecule has 0 bridgehead atoms. The number of rotatable bonds is 5. The molecule has 0 spiro atoms. The zero-order valence-electron chi connectivity index (χ0n) is 14.1. The lowest BCUT2D eigenvalue weighted by molar-refractivity contribution is -0.106. The lowest BCUT2D eigenvalue weighted by Crippen LogP contribution is -2.37. The van der Waals surface area contributed by atoms with Crippen molar-refractivity contribution < 1.29 is 9.84 Å². The molecule has 128 valence electrons. The van der Waals surface area contributed by atoms with Gasteiger partial charge in [-0.3, -0.25) is 4.90 Å². The molecule has 0 unspecified atom stereocenters. The van der Waals surface area contributed by atoms with Gasteiger partial charge in [-0.05, 0) is 33.4 Å². The van der Waals surface area contributed by atoms with Crippen LogP contribution in [-0.2, 0) is 4.74 Å². The predicted molar refractivity (Wildman–Crippen MR) is 92.1 cm³/mol. The van der Waals surface area contributed by atoms with Gasteiger partial charge in [0, 0.05) is 6.61 Å². The van der Waals surface area contributed by atoms with Gasteiger partial charge in [-0.15, -0.1) is 12.4 Å². The minimum Gasteiger partial charge on any atom is -0.396 e. The molecule has 1 aliphatic rings. The van der Waals surface area contributed by atoms with Gasteiger partial charge in [0.25, 0.3) is 0 Å². The average molecular weight is 322 g/mol. The van der Waals surface area contributed by atoms with E-state index in [1.807, 2.05) is 14.1 Å². The third kappa shape index (κ3) is 9.72. The molecule has 3 nitrogen and oxygen atoms in total. The topological polar surface area (TPSA) is 32.7 Å². The lowest BCUT2D eigenvalue weighted by atomic mass is 9.86. The molecule has 1 fully saturated rings. The molecule has 0 atom stereocenters. The Labute approximate surface area is 137 Å². The van der Waals surface area contributed by atoms with Gasteiger partial charge < -0.3 is 9.84 Å². The number of aliphatic hydroxyl groups is 1. The molecule has 0 aromatic rings.